The summed E-state index contributed by atoms with van der Waals surface area (Å²) >= 11 is 0. The Hall–Kier alpha value is -2.93. The van der Waals surface area contributed by atoms with Crippen LogP contribution in [0.5, 0.6) is 0 Å². The summed E-state index contributed by atoms with van der Waals surface area (Å²) in [6.45, 7) is 19.9. The third-order valence-corrected chi connectivity index (χ3v) is 11.9. The predicted molar refractivity (Wildman–Crippen MR) is 195 cm³/mol. The molecule has 0 radical (unpaired) electrons. The number of aliphatic hydroxyl groups excluding tert-OH is 1. The van der Waals surface area contributed by atoms with Gasteiger partial charge in [0.2, 0.25) is 0 Å². The van der Waals surface area contributed by atoms with Crippen LogP contribution in [-0.2, 0) is 39.9 Å². The van der Waals surface area contributed by atoms with Crippen LogP contribution in [0.2, 0.25) is 0 Å². The summed E-state index contributed by atoms with van der Waals surface area (Å²) in [6, 6.07) is 3.14. The van der Waals surface area contributed by atoms with E-state index in [9.17, 15) is 24.3 Å². The van der Waals surface area contributed by atoms with Gasteiger partial charge in [-0.25, -0.2) is 4.79 Å². The molecular weight excluding hydrogens is 666 g/mol. The van der Waals surface area contributed by atoms with E-state index in [1.807, 2.05) is 74.6 Å². The molecule has 12 heteroatoms. The second-order valence-electron chi connectivity index (χ2n) is 16.5. The Labute approximate surface area is 310 Å². The van der Waals surface area contributed by atoms with E-state index >= 15 is 0 Å². The molecule has 1 unspecified atom stereocenters. The maximum absolute atomic E-state index is 14.6. The molecule has 1 amide bonds. The summed E-state index contributed by atoms with van der Waals surface area (Å²) in [5, 5.41) is 11.1. The van der Waals surface area contributed by atoms with Gasteiger partial charge in [0.05, 0.1) is 18.2 Å². The van der Waals surface area contributed by atoms with Crippen LogP contribution in [0.25, 0.3) is 0 Å². The van der Waals surface area contributed by atoms with Crippen molar-refractivity contribution in [2.75, 3.05) is 20.1 Å². The summed E-state index contributed by atoms with van der Waals surface area (Å²) in [5.41, 5.74) is -1.07. The number of likely N-dealkylation sites (N-methyl/N-ethyl adjacent to an activating group) is 1. The zero-order valence-electron chi connectivity index (χ0n) is 33.2. The Morgan fingerprint density at radius 2 is 1.73 bits per heavy atom. The number of ketones is 2. The Morgan fingerprint density at radius 3 is 2.35 bits per heavy atom. The van der Waals surface area contributed by atoms with Gasteiger partial charge in [-0.05, 0) is 69.5 Å². The molecule has 3 fully saturated rings. The molecule has 1 N–H and O–H groups in total. The molecule has 0 spiro atoms. The van der Waals surface area contributed by atoms with Crippen molar-refractivity contribution in [3.05, 3.63) is 30.1 Å². The third kappa shape index (κ3) is 8.71. The molecule has 0 aliphatic carbocycles. The number of ether oxygens (including phenoxy) is 4. The van der Waals surface area contributed by atoms with Crippen molar-refractivity contribution < 1.29 is 43.2 Å². The molecule has 1 aromatic heterocycles. The number of nitrogens with zero attached hydrogens (tertiary/aromatic N) is 3. The van der Waals surface area contributed by atoms with E-state index in [4.69, 9.17) is 18.9 Å². The van der Waals surface area contributed by atoms with Crippen molar-refractivity contribution in [1.82, 2.24) is 14.8 Å². The Bertz CT molecular complexity index is 1410. The van der Waals surface area contributed by atoms with Crippen molar-refractivity contribution in [2.45, 2.75) is 144 Å². The maximum atomic E-state index is 14.6. The molecule has 292 valence electrons. The van der Waals surface area contributed by atoms with Crippen molar-refractivity contribution in [1.29, 1.82) is 0 Å². The lowest BCUT2D eigenvalue weighted by atomic mass is 9.69. The van der Waals surface area contributed by atoms with Gasteiger partial charge < -0.3 is 29.0 Å². The Balaban J connectivity index is 1.73. The highest BCUT2D eigenvalue weighted by atomic mass is 16.7. The normalized spacial score (nSPS) is 37.7. The first-order valence-electron chi connectivity index (χ1n) is 19.2. The van der Waals surface area contributed by atoms with Crippen LogP contribution in [0.15, 0.2) is 24.5 Å². The van der Waals surface area contributed by atoms with E-state index in [-0.39, 0.29) is 30.1 Å². The summed E-state index contributed by atoms with van der Waals surface area (Å²) in [4.78, 5) is 64.5. The van der Waals surface area contributed by atoms with E-state index in [0.29, 0.717) is 38.8 Å². The molecule has 12 nitrogen and oxygen atoms in total. The van der Waals surface area contributed by atoms with Crippen LogP contribution < -0.4 is 0 Å². The van der Waals surface area contributed by atoms with Gasteiger partial charge in [-0.1, -0.05) is 61.5 Å². The fourth-order valence-corrected chi connectivity index (χ4v) is 9.08. The Morgan fingerprint density at radius 1 is 1.04 bits per heavy atom. The molecule has 0 aromatic carbocycles. The summed E-state index contributed by atoms with van der Waals surface area (Å²) < 4.78 is 25.1. The highest BCUT2D eigenvalue weighted by Crippen LogP contribution is 2.45. The SMILES string of the molecule is CC[C@H]1OC(=O)[C@H](C)C(=O)[C@H](C)[C@@H](OC2O[C@H](C)C[C@H](C)[C@H]2O)C(C)(C)C[C@@H](C)C(=O)[C@H](C)[C@H]2N(CCN(C)Cc3cccnc3)C(=O)O[C@]12CC. The molecule has 0 saturated carbocycles. The monoisotopic (exact) mass is 729 g/mol. The number of hydrogen-bond acceptors (Lipinski definition) is 11. The number of aromatic nitrogens is 1. The first-order chi connectivity index (χ1) is 24.4. The maximum Gasteiger partial charge on any atom is 0.410 e. The zero-order chi connectivity index (χ0) is 38.7. The largest absolute Gasteiger partial charge is 0.457 e. The van der Waals surface area contributed by atoms with Gasteiger partial charge in [-0.15, -0.1) is 0 Å². The van der Waals surface area contributed by atoms with Crippen molar-refractivity contribution in [2.24, 2.45) is 35.0 Å². The van der Waals surface area contributed by atoms with Crippen molar-refractivity contribution in [3.8, 4) is 0 Å². The average Bonchev–Trinajstić information content (AvgIpc) is 3.39. The molecule has 0 bridgehead atoms. The van der Waals surface area contributed by atoms with Crippen LogP contribution in [0.4, 0.5) is 4.79 Å². The molecule has 1 aromatic rings. The molecule has 12 atom stereocenters. The molecule has 4 rings (SSSR count). The smallest absolute Gasteiger partial charge is 0.410 e. The summed E-state index contributed by atoms with van der Waals surface area (Å²) in [5.74, 6) is -4.40. The van der Waals surface area contributed by atoms with Crippen molar-refractivity contribution >= 4 is 23.6 Å². The number of hydrogen-bond donors (Lipinski definition) is 1. The number of fused-ring (bicyclic) bond motifs is 1. The average molecular weight is 730 g/mol. The number of amides is 1. The number of cyclic esters (lactones) is 1. The zero-order valence-corrected chi connectivity index (χ0v) is 33.2. The Kier molecular flexibility index (Phi) is 13.7. The minimum absolute atomic E-state index is 0.0663. The van der Waals surface area contributed by atoms with E-state index in [0.717, 1.165) is 5.56 Å². The molecule has 3 aliphatic rings. The minimum atomic E-state index is -1.32. The third-order valence-electron chi connectivity index (χ3n) is 11.9. The van der Waals surface area contributed by atoms with Crippen LogP contribution in [0, 0.1) is 35.0 Å². The number of rotatable bonds is 9. The summed E-state index contributed by atoms with van der Waals surface area (Å²) in [7, 11) is 1.96. The number of carbonyl (C=O) groups excluding carboxylic acids is 4. The van der Waals surface area contributed by atoms with Gasteiger partial charge in [0.25, 0.3) is 0 Å². The number of carbonyl (C=O) groups is 4. The first kappa shape index (κ1) is 41.8. The van der Waals surface area contributed by atoms with Crippen LogP contribution >= 0.6 is 0 Å². The van der Waals surface area contributed by atoms with E-state index < -0.39 is 77.4 Å². The molecule has 4 heterocycles. The summed E-state index contributed by atoms with van der Waals surface area (Å²) in [6.07, 6.45) is 0.804. The topological polar surface area (TPSA) is 145 Å². The number of esters is 1. The first-order valence-corrected chi connectivity index (χ1v) is 19.2. The fourth-order valence-electron chi connectivity index (χ4n) is 9.08. The minimum Gasteiger partial charge on any atom is -0.457 e. The van der Waals surface area contributed by atoms with Gasteiger partial charge in [0.15, 0.2) is 17.7 Å². The molecule has 3 aliphatic heterocycles. The number of Topliss-reactive ketones (excluding diaryl/α,β-unsaturated/α-hetero) is 2. The second kappa shape index (κ2) is 17.0. The quantitative estimate of drug-likeness (QED) is 0.257. The van der Waals surface area contributed by atoms with Gasteiger partial charge in [0, 0.05) is 49.8 Å². The highest BCUT2D eigenvalue weighted by Gasteiger charge is 2.61. The van der Waals surface area contributed by atoms with Gasteiger partial charge >= 0.3 is 12.1 Å². The van der Waals surface area contributed by atoms with Crippen LogP contribution in [0.3, 0.4) is 0 Å². The predicted octanol–water partition coefficient (Wildman–Crippen LogP) is 5.43. The lowest BCUT2D eigenvalue weighted by Crippen LogP contribution is -2.60. The van der Waals surface area contributed by atoms with E-state index in [1.54, 1.807) is 24.2 Å². The lowest BCUT2D eigenvalue weighted by molar-refractivity contribution is -0.284. The second-order valence-corrected chi connectivity index (χ2v) is 16.5. The van der Waals surface area contributed by atoms with E-state index in [1.165, 1.54) is 6.92 Å². The van der Waals surface area contributed by atoms with Gasteiger partial charge in [0.1, 0.15) is 23.9 Å². The van der Waals surface area contributed by atoms with Crippen molar-refractivity contribution in [3.63, 3.8) is 0 Å². The van der Waals surface area contributed by atoms with Gasteiger partial charge in [-0.2, -0.15) is 0 Å². The van der Waals surface area contributed by atoms with Crippen LogP contribution in [0.1, 0.15) is 100 Å². The van der Waals surface area contributed by atoms with E-state index in [2.05, 4.69) is 9.88 Å². The lowest BCUT2D eigenvalue weighted by Gasteiger charge is -2.46. The fraction of sp³-hybridized carbons (Fsp3) is 0.775. The highest BCUT2D eigenvalue weighted by molar-refractivity contribution is 6.00. The molecular formula is C40H63N3O9. The number of aliphatic hydroxyl groups is 1. The van der Waals surface area contributed by atoms with Gasteiger partial charge in [-0.3, -0.25) is 24.3 Å². The molecule has 3 saturated heterocycles. The standard InChI is InChI=1S/C40H63N3O9/c1-12-30-40(13-2)34(43(38(48)52-40)18-17-42(11)22-29-15-14-16-41-21-29)26(6)31(44)24(4)20-39(9,10)35(27(7)33(46)28(8)36(47)50-30)51-37-32(45)23(3)19-25(5)49-37/h14-16,21,23-28,30,32,34-35,37,45H,12-13,17-20,22H2,1-11H3/t23-,24+,25+,26-,27-,28+,30+,32+,34+,35+,37?,40+/m0/s1. The van der Waals surface area contributed by atoms with Crippen LogP contribution in [-0.4, -0.2) is 106 Å². The number of pyridine rings is 1. The molecule has 52 heavy (non-hydrogen) atoms.